The van der Waals surface area contributed by atoms with E-state index in [2.05, 4.69) is 17.6 Å². The molecule has 0 aromatic heterocycles. The highest BCUT2D eigenvalue weighted by molar-refractivity contribution is 5.98. The molecule has 0 saturated heterocycles. The minimum absolute atomic E-state index is 0.00611. The van der Waals surface area contributed by atoms with Gasteiger partial charge in [0.05, 0.1) is 25.7 Å². The molecule has 2 amide bonds. The Balaban J connectivity index is 1.25. The molecule has 0 radical (unpaired) electrons. The standard InChI is InChI=1S/C39H41FN2O8/c1-3-4-5-6-7-23-49-31-21-15-28(16-22-31)39(47)50-32-19-11-26(12-20-32)24-34(38(45)46)42-37(44)27-13-17-30(18-14-27)41-35(43)25-29-9-8-10-33(40)36(29)48-2/h8-22,34H,3-7,23-25H2,1-2H3,(H,41,43)(H,42,44)(H,45,46)/t34-/m0/s1. The van der Waals surface area contributed by atoms with Gasteiger partial charge in [0.25, 0.3) is 5.91 Å². The number of halogens is 1. The lowest BCUT2D eigenvalue weighted by Gasteiger charge is -2.15. The first-order valence-corrected chi connectivity index (χ1v) is 16.5. The molecule has 4 rings (SSSR count). The third-order valence-corrected chi connectivity index (χ3v) is 7.82. The predicted octanol–water partition coefficient (Wildman–Crippen LogP) is 7.01. The van der Waals surface area contributed by atoms with E-state index in [-0.39, 0.29) is 29.9 Å². The van der Waals surface area contributed by atoms with Gasteiger partial charge in [0, 0.05) is 23.2 Å². The van der Waals surface area contributed by atoms with E-state index in [1.807, 2.05) is 0 Å². The van der Waals surface area contributed by atoms with Crippen LogP contribution in [0.4, 0.5) is 10.1 Å². The van der Waals surface area contributed by atoms with Crippen LogP contribution in [0.15, 0.2) is 91.0 Å². The molecule has 11 heteroatoms. The average molecular weight is 685 g/mol. The van der Waals surface area contributed by atoms with Crippen LogP contribution in [-0.2, 0) is 22.4 Å². The quantitative estimate of drug-likeness (QED) is 0.0578. The van der Waals surface area contributed by atoms with Gasteiger partial charge in [-0.05, 0) is 78.7 Å². The van der Waals surface area contributed by atoms with Gasteiger partial charge >= 0.3 is 11.9 Å². The number of carboxylic acid groups (broad SMARTS) is 1. The van der Waals surface area contributed by atoms with E-state index in [0.717, 1.165) is 12.8 Å². The monoisotopic (exact) mass is 684 g/mol. The molecule has 262 valence electrons. The van der Waals surface area contributed by atoms with Gasteiger partial charge in [0.1, 0.15) is 17.5 Å². The van der Waals surface area contributed by atoms with E-state index in [9.17, 15) is 28.7 Å². The van der Waals surface area contributed by atoms with E-state index < -0.39 is 35.6 Å². The number of para-hydroxylation sites is 1. The van der Waals surface area contributed by atoms with Crippen molar-refractivity contribution in [2.24, 2.45) is 0 Å². The van der Waals surface area contributed by atoms with Crippen molar-refractivity contribution in [2.75, 3.05) is 19.0 Å². The lowest BCUT2D eigenvalue weighted by Crippen LogP contribution is -2.42. The highest BCUT2D eigenvalue weighted by Crippen LogP contribution is 2.23. The second-order valence-corrected chi connectivity index (χ2v) is 11.6. The largest absolute Gasteiger partial charge is 0.494 e. The minimum atomic E-state index is -1.24. The van der Waals surface area contributed by atoms with Crippen LogP contribution in [0.25, 0.3) is 0 Å². The molecular formula is C39H41FN2O8. The van der Waals surface area contributed by atoms with Crippen molar-refractivity contribution in [3.05, 3.63) is 119 Å². The number of methoxy groups -OCH3 is 1. The molecule has 1 atom stereocenters. The van der Waals surface area contributed by atoms with Crippen molar-refractivity contribution in [3.63, 3.8) is 0 Å². The maximum absolute atomic E-state index is 13.9. The first-order chi connectivity index (χ1) is 24.2. The minimum Gasteiger partial charge on any atom is -0.494 e. The van der Waals surface area contributed by atoms with E-state index >= 15 is 0 Å². The normalized spacial score (nSPS) is 11.3. The van der Waals surface area contributed by atoms with Crippen molar-refractivity contribution in [3.8, 4) is 17.2 Å². The van der Waals surface area contributed by atoms with Crippen LogP contribution in [0.5, 0.6) is 17.2 Å². The molecule has 0 aliphatic carbocycles. The number of aliphatic carboxylic acids is 1. The second-order valence-electron chi connectivity index (χ2n) is 11.6. The molecule has 0 spiro atoms. The Labute approximate surface area is 290 Å². The Bertz CT molecular complexity index is 1740. The number of unbranched alkanes of at least 4 members (excludes halogenated alkanes) is 4. The molecule has 3 N–H and O–H groups in total. The number of benzene rings is 4. The number of carbonyl (C=O) groups excluding carboxylic acids is 3. The Morgan fingerprint density at radius 1 is 0.800 bits per heavy atom. The lowest BCUT2D eigenvalue weighted by atomic mass is 10.0. The van der Waals surface area contributed by atoms with Gasteiger partial charge in [-0.2, -0.15) is 0 Å². The summed E-state index contributed by atoms with van der Waals surface area (Å²) in [5.74, 6) is -2.42. The molecule has 0 aliphatic rings. The summed E-state index contributed by atoms with van der Waals surface area (Å²) in [6, 6.07) is 22.1. The van der Waals surface area contributed by atoms with Crippen LogP contribution >= 0.6 is 0 Å². The number of hydrogen-bond donors (Lipinski definition) is 3. The van der Waals surface area contributed by atoms with Crippen molar-refractivity contribution >= 4 is 29.4 Å². The zero-order chi connectivity index (χ0) is 35.9. The fourth-order valence-corrected chi connectivity index (χ4v) is 5.12. The number of hydrogen-bond acceptors (Lipinski definition) is 7. The van der Waals surface area contributed by atoms with Gasteiger partial charge in [0.2, 0.25) is 5.91 Å². The van der Waals surface area contributed by atoms with Crippen LogP contribution in [0, 0.1) is 5.82 Å². The molecule has 0 heterocycles. The van der Waals surface area contributed by atoms with Gasteiger partial charge in [-0.3, -0.25) is 9.59 Å². The Hall–Kier alpha value is -5.71. The van der Waals surface area contributed by atoms with Crippen LogP contribution in [-0.4, -0.2) is 48.6 Å². The molecule has 0 fully saturated rings. The van der Waals surface area contributed by atoms with Gasteiger partial charge in [-0.25, -0.2) is 14.0 Å². The van der Waals surface area contributed by atoms with Gasteiger partial charge in [-0.1, -0.05) is 56.9 Å². The molecule has 4 aromatic carbocycles. The zero-order valence-corrected chi connectivity index (χ0v) is 28.1. The van der Waals surface area contributed by atoms with Crippen molar-refractivity contribution < 1.29 is 42.9 Å². The summed E-state index contributed by atoms with van der Waals surface area (Å²) in [4.78, 5) is 50.0. The Kier molecular flexibility index (Phi) is 13.9. The summed E-state index contributed by atoms with van der Waals surface area (Å²) in [6.45, 7) is 2.80. The number of carbonyl (C=O) groups is 4. The summed E-state index contributed by atoms with van der Waals surface area (Å²) in [5.41, 5.74) is 1.92. The number of nitrogens with one attached hydrogen (secondary N) is 2. The number of ether oxygens (including phenoxy) is 3. The zero-order valence-electron chi connectivity index (χ0n) is 28.1. The topological polar surface area (TPSA) is 140 Å². The van der Waals surface area contributed by atoms with Crippen molar-refractivity contribution in [1.82, 2.24) is 5.32 Å². The molecule has 0 saturated carbocycles. The molecule has 0 unspecified atom stereocenters. The van der Waals surface area contributed by atoms with Crippen LogP contribution in [0.2, 0.25) is 0 Å². The Morgan fingerprint density at radius 2 is 1.46 bits per heavy atom. The van der Waals surface area contributed by atoms with Gasteiger partial charge < -0.3 is 30.0 Å². The summed E-state index contributed by atoms with van der Waals surface area (Å²) in [6.07, 6.45) is 5.57. The smallest absolute Gasteiger partial charge is 0.343 e. The third-order valence-electron chi connectivity index (χ3n) is 7.82. The van der Waals surface area contributed by atoms with Crippen molar-refractivity contribution in [1.29, 1.82) is 0 Å². The maximum Gasteiger partial charge on any atom is 0.343 e. The lowest BCUT2D eigenvalue weighted by molar-refractivity contribution is -0.139. The SMILES string of the molecule is CCCCCCCOc1ccc(C(=O)Oc2ccc(C[C@H](NC(=O)c3ccc(NC(=O)Cc4cccc(F)c4OC)cc3)C(=O)O)cc2)cc1. The fourth-order valence-electron chi connectivity index (χ4n) is 5.12. The molecule has 4 aromatic rings. The number of esters is 1. The second kappa shape index (κ2) is 18.7. The van der Waals surface area contributed by atoms with Crippen LogP contribution in [0.3, 0.4) is 0 Å². The first-order valence-electron chi connectivity index (χ1n) is 16.5. The van der Waals surface area contributed by atoms with E-state index in [0.29, 0.717) is 34.7 Å². The average Bonchev–Trinajstić information content (AvgIpc) is 3.11. The Morgan fingerprint density at radius 3 is 2.12 bits per heavy atom. The third kappa shape index (κ3) is 11.2. The maximum atomic E-state index is 13.9. The summed E-state index contributed by atoms with van der Waals surface area (Å²) in [5, 5.41) is 15.0. The van der Waals surface area contributed by atoms with Gasteiger partial charge in [-0.15, -0.1) is 0 Å². The number of rotatable bonds is 18. The van der Waals surface area contributed by atoms with Crippen LogP contribution < -0.4 is 24.8 Å². The fraction of sp³-hybridized carbons (Fsp3) is 0.282. The molecule has 50 heavy (non-hydrogen) atoms. The highest BCUT2D eigenvalue weighted by Gasteiger charge is 2.22. The predicted molar refractivity (Wildman–Crippen MR) is 186 cm³/mol. The molecule has 0 bridgehead atoms. The summed E-state index contributed by atoms with van der Waals surface area (Å²) in [7, 11) is 1.32. The summed E-state index contributed by atoms with van der Waals surface area (Å²) < 4.78 is 30.2. The van der Waals surface area contributed by atoms with Gasteiger partial charge in [0.15, 0.2) is 11.6 Å². The van der Waals surface area contributed by atoms with E-state index in [1.54, 1.807) is 54.6 Å². The molecule has 10 nitrogen and oxygen atoms in total. The van der Waals surface area contributed by atoms with E-state index in [4.69, 9.17) is 14.2 Å². The molecule has 0 aliphatic heterocycles. The van der Waals surface area contributed by atoms with Crippen LogP contribution in [0.1, 0.15) is 70.9 Å². The highest BCUT2D eigenvalue weighted by atomic mass is 19.1. The first kappa shape index (κ1) is 37.1. The molecular weight excluding hydrogens is 643 g/mol. The van der Waals surface area contributed by atoms with Crippen molar-refractivity contribution in [2.45, 2.75) is 57.9 Å². The number of carboxylic acids is 1. The number of anilines is 1. The number of amides is 2. The van der Waals surface area contributed by atoms with E-state index in [1.165, 1.54) is 62.8 Å². The summed E-state index contributed by atoms with van der Waals surface area (Å²) >= 11 is 0.